The van der Waals surface area contributed by atoms with Crippen molar-refractivity contribution in [3.63, 3.8) is 0 Å². The van der Waals surface area contributed by atoms with Gasteiger partial charge in [0.25, 0.3) is 0 Å². The van der Waals surface area contributed by atoms with Crippen LogP contribution in [-0.4, -0.2) is 51.7 Å². The second-order valence-corrected chi connectivity index (χ2v) is 5.70. The van der Waals surface area contributed by atoms with Crippen molar-refractivity contribution in [2.75, 3.05) is 20.1 Å². The van der Waals surface area contributed by atoms with Gasteiger partial charge in [0.15, 0.2) is 5.96 Å². The molecule has 1 aliphatic rings. The summed E-state index contributed by atoms with van der Waals surface area (Å²) in [6, 6.07) is 0. The molecule has 0 amide bonds. The zero-order valence-electron chi connectivity index (χ0n) is 12.7. The third-order valence-corrected chi connectivity index (χ3v) is 3.92. The lowest BCUT2D eigenvalue weighted by atomic mass is 10.0. The minimum Gasteiger partial charge on any atom is -0.388 e. The van der Waals surface area contributed by atoms with E-state index in [1.807, 2.05) is 7.05 Å². The van der Waals surface area contributed by atoms with Crippen molar-refractivity contribution in [1.82, 2.24) is 20.4 Å². The molecule has 7 nitrogen and oxygen atoms in total. The lowest BCUT2D eigenvalue weighted by molar-refractivity contribution is 0.0521. The summed E-state index contributed by atoms with van der Waals surface area (Å²) in [6.07, 6.45) is 6.58. The highest BCUT2D eigenvalue weighted by atomic mass is 16.3. The van der Waals surface area contributed by atoms with Crippen molar-refractivity contribution in [2.24, 2.45) is 12.0 Å². The Labute approximate surface area is 125 Å². The molecule has 1 aromatic rings. The highest BCUT2D eigenvalue weighted by Gasteiger charge is 2.30. The molecule has 0 spiro atoms. The summed E-state index contributed by atoms with van der Waals surface area (Å²) in [5.74, 6) is 0.582. The first-order chi connectivity index (χ1) is 10.0. The van der Waals surface area contributed by atoms with Crippen molar-refractivity contribution in [1.29, 1.82) is 0 Å². The summed E-state index contributed by atoms with van der Waals surface area (Å²) in [4.78, 5) is 4.10. The van der Waals surface area contributed by atoms with Crippen LogP contribution in [0.1, 0.15) is 37.4 Å². The van der Waals surface area contributed by atoms with Crippen molar-refractivity contribution in [3.05, 3.63) is 18.0 Å². The van der Waals surface area contributed by atoms with Crippen LogP contribution < -0.4 is 10.6 Å². The van der Waals surface area contributed by atoms with Crippen LogP contribution in [-0.2, 0) is 7.05 Å². The van der Waals surface area contributed by atoms with Gasteiger partial charge in [-0.1, -0.05) is 12.8 Å². The SMILES string of the molecule is CN=C(NCC(O)c1cnn(C)c1)NCC1(O)CCCC1. The standard InChI is InChI=1S/C14H25N5O2/c1-15-13(17-10-14(21)5-3-4-6-14)16-8-12(20)11-7-18-19(2)9-11/h7,9,12,20-21H,3-6,8,10H2,1-2H3,(H2,15,16,17). The summed E-state index contributed by atoms with van der Waals surface area (Å²) < 4.78 is 1.65. The number of guanidine groups is 1. The van der Waals surface area contributed by atoms with Gasteiger partial charge in [-0.05, 0) is 12.8 Å². The van der Waals surface area contributed by atoms with Crippen LogP contribution >= 0.6 is 0 Å². The van der Waals surface area contributed by atoms with E-state index in [4.69, 9.17) is 0 Å². The van der Waals surface area contributed by atoms with Gasteiger partial charge in [-0.25, -0.2) is 0 Å². The molecule has 1 heterocycles. The molecule has 1 saturated carbocycles. The first-order valence-corrected chi connectivity index (χ1v) is 7.36. The highest BCUT2D eigenvalue weighted by molar-refractivity contribution is 5.79. The Morgan fingerprint density at radius 1 is 1.48 bits per heavy atom. The fourth-order valence-corrected chi connectivity index (χ4v) is 2.60. The van der Waals surface area contributed by atoms with E-state index in [9.17, 15) is 10.2 Å². The molecular formula is C14H25N5O2. The maximum absolute atomic E-state index is 10.3. The molecule has 1 aromatic heterocycles. The predicted octanol–water partition coefficient (Wildman–Crippen LogP) is -0.0764. The van der Waals surface area contributed by atoms with Gasteiger partial charge in [-0.3, -0.25) is 9.67 Å². The van der Waals surface area contributed by atoms with Crippen molar-refractivity contribution < 1.29 is 10.2 Å². The van der Waals surface area contributed by atoms with Crippen LogP contribution in [0, 0.1) is 0 Å². The van der Waals surface area contributed by atoms with Crippen molar-refractivity contribution >= 4 is 5.96 Å². The minimum atomic E-state index is -0.646. The van der Waals surface area contributed by atoms with Crippen LogP contribution in [0.2, 0.25) is 0 Å². The second kappa shape index (κ2) is 6.91. The second-order valence-electron chi connectivity index (χ2n) is 5.70. The molecule has 2 rings (SSSR count). The number of aromatic nitrogens is 2. The topological polar surface area (TPSA) is 94.7 Å². The van der Waals surface area contributed by atoms with E-state index in [-0.39, 0.29) is 0 Å². The summed E-state index contributed by atoms with van der Waals surface area (Å²) in [5, 5.41) is 30.6. The van der Waals surface area contributed by atoms with Gasteiger partial charge < -0.3 is 20.8 Å². The van der Waals surface area contributed by atoms with Crippen LogP contribution in [0.3, 0.4) is 0 Å². The average Bonchev–Trinajstić information content (AvgIpc) is 3.08. The number of nitrogens with zero attached hydrogens (tertiary/aromatic N) is 3. The third-order valence-electron chi connectivity index (χ3n) is 3.92. The molecular weight excluding hydrogens is 270 g/mol. The molecule has 1 atom stereocenters. The molecule has 0 radical (unpaired) electrons. The largest absolute Gasteiger partial charge is 0.388 e. The Hall–Kier alpha value is -1.60. The molecule has 0 bridgehead atoms. The Kier molecular flexibility index (Phi) is 5.19. The minimum absolute atomic E-state index is 0.337. The number of aliphatic hydroxyl groups is 2. The molecule has 0 aliphatic heterocycles. The van der Waals surface area contributed by atoms with Gasteiger partial charge in [0.05, 0.1) is 17.9 Å². The third kappa shape index (κ3) is 4.44. The molecule has 0 saturated heterocycles. The summed E-state index contributed by atoms with van der Waals surface area (Å²) in [5.41, 5.74) is 0.134. The number of rotatable bonds is 5. The van der Waals surface area contributed by atoms with Gasteiger partial charge in [-0.15, -0.1) is 0 Å². The predicted molar refractivity (Wildman–Crippen MR) is 81.0 cm³/mol. The number of aryl methyl sites for hydroxylation is 1. The van der Waals surface area contributed by atoms with Gasteiger partial charge >= 0.3 is 0 Å². The van der Waals surface area contributed by atoms with Crippen LogP contribution in [0.4, 0.5) is 0 Å². The summed E-state index contributed by atoms with van der Waals surface area (Å²) >= 11 is 0. The number of hydrogen-bond acceptors (Lipinski definition) is 4. The van der Waals surface area contributed by atoms with E-state index in [1.54, 1.807) is 24.1 Å². The smallest absolute Gasteiger partial charge is 0.191 e. The number of hydrogen-bond donors (Lipinski definition) is 4. The summed E-state index contributed by atoms with van der Waals surface area (Å²) in [7, 11) is 3.48. The Bertz CT molecular complexity index is 479. The quantitative estimate of drug-likeness (QED) is 0.450. The van der Waals surface area contributed by atoms with Gasteiger partial charge in [0.1, 0.15) is 0 Å². The van der Waals surface area contributed by atoms with Crippen LogP contribution in [0.5, 0.6) is 0 Å². The molecule has 118 valence electrons. The van der Waals surface area contributed by atoms with Crippen LogP contribution in [0.25, 0.3) is 0 Å². The van der Waals surface area contributed by atoms with Gasteiger partial charge in [0.2, 0.25) is 0 Å². The molecule has 21 heavy (non-hydrogen) atoms. The lowest BCUT2D eigenvalue weighted by Crippen LogP contribution is -2.46. The Morgan fingerprint density at radius 3 is 2.76 bits per heavy atom. The average molecular weight is 295 g/mol. The van der Waals surface area contributed by atoms with E-state index in [0.717, 1.165) is 31.2 Å². The number of aliphatic imine (C=N–C) groups is 1. The molecule has 1 aliphatic carbocycles. The zero-order valence-corrected chi connectivity index (χ0v) is 12.7. The van der Waals surface area contributed by atoms with Crippen molar-refractivity contribution in [3.8, 4) is 0 Å². The van der Waals surface area contributed by atoms with E-state index in [0.29, 0.717) is 19.0 Å². The first-order valence-electron chi connectivity index (χ1n) is 7.36. The first kappa shape index (κ1) is 15.8. The van der Waals surface area contributed by atoms with E-state index >= 15 is 0 Å². The Balaban J connectivity index is 1.77. The van der Waals surface area contributed by atoms with Crippen LogP contribution in [0.15, 0.2) is 17.4 Å². The zero-order chi connectivity index (χ0) is 15.3. The monoisotopic (exact) mass is 295 g/mol. The van der Waals surface area contributed by atoms with Gasteiger partial charge in [0, 0.05) is 38.9 Å². The highest BCUT2D eigenvalue weighted by Crippen LogP contribution is 2.28. The molecule has 4 N–H and O–H groups in total. The molecule has 7 heteroatoms. The lowest BCUT2D eigenvalue weighted by Gasteiger charge is -2.24. The van der Waals surface area contributed by atoms with Gasteiger partial charge in [-0.2, -0.15) is 5.10 Å². The number of nitrogens with one attached hydrogen (secondary N) is 2. The van der Waals surface area contributed by atoms with E-state index in [2.05, 4.69) is 20.7 Å². The fraction of sp³-hybridized carbons (Fsp3) is 0.714. The fourth-order valence-electron chi connectivity index (χ4n) is 2.60. The maximum atomic E-state index is 10.3. The summed E-state index contributed by atoms with van der Waals surface area (Å²) in [6.45, 7) is 0.819. The number of aliphatic hydroxyl groups excluding tert-OH is 1. The van der Waals surface area contributed by atoms with E-state index in [1.165, 1.54) is 0 Å². The normalized spacial score (nSPS) is 19.5. The molecule has 1 fully saturated rings. The van der Waals surface area contributed by atoms with Crippen molar-refractivity contribution in [2.45, 2.75) is 37.4 Å². The Morgan fingerprint density at radius 2 is 2.19 bits per heavy atom. The maximum Gasteiger partial charge on any atom is 0.191 e. The van der Waals surface area contributed by atoms with E-state index < -0.39 is 11.7 Å². The molecule has 1 unspecified atom stereocenters. The molecule has 0 aromatic carbocycles.